The number of rotatable bonds is 6. The highest BCUT2D eigenvalue weighted by Crippen LogP contribution is 2.46. The van der Waals surface area contributed by atoms with Gasteiger partial charge < -0.3 is 15.0 Å². The van der Waals surface area contributed by atoms with E-state index < -0.39 is 5.82 Å². The summed E-state index contributed by atoms with van der Waals surface area (Å²) in [4.78, 5) is 32.1. The lowest BCUT2D eigenvalue weighted by Gasteiger charge is -2.23. The third kappa shape index (κ3) is 4.43. The normalized spacial score (nSPS) is 20.0. The Hall–Kier alpha value is -4.93. The van der Waals surface area contributed by atoms with Crippen LogP contribution in [0.4, 0.5) is 15.9 Å². The van der Waals surface area contributed by atoms with Gasteiger partial charge in [0.15, 0.2) is 17.3 Å². The maximum absolute atomic E-state index is 15.6. The highest BCUT2D eigenvalue weighted by Gasteiger charge is 2.44. The van der Waals surface area contributed by atoms with Crippen LogP contribution in [-0.4, -0.2) is 52.9 Å². The second-order valence-corrected chi connectivity index (χ2v) is 10.5. The summed E-state index contributed by atoms with van der Waals surface area (Å²) in [6.45, 7) is 6.10. The van der Waals surface area contributed by atoms with Crippen LogP contribution in [0.1, 0.15) is 36.4 Å². The van der Waals surface area contributed by atoms with E-state index in [4.69, 9.17) is 9.72 Å². The fourth-order valence-electron chi connectivity index (χ4n) is 6.16. The van der Waals surface area contributed by atoms with Gasteiger partial charge >= 0.3 is 0 Å². The summed E-state index contributed by atoms with van der Waals surface area (Å²) in [5, 5.41) is 7.20. The molecule has 206 valence electrons. The molecule has 1 aromatic carbocycles. The highest BCUT2D eigenvalue weighted by atomic mass is 19.1. The van der Waals surface area contributed by atoms with E-state index in [1.54, 1.807) is 41.9 Å². The van der Waals surface area contributed by atoms with Crippen molar-refractivity contribution in [1.82, 2.24) is 34.4 Å². The second-order valence-electron chi connectivity index (χ2n) is 10.5. The van der Waals surface area contributed by atoms with Crippen LogP contribution in [0.5, 0.6) is 11.5 Å². The minimum atomic E-state index is -0.454. The van der Waals surface area contributed by atoms with Gasteiger partial charge in [-0.2, -0.15) is 5.10 Å². The molecule has 1 aliphatic carbocycles. The maximum atomic E-state index is 15.6. The zero-order valence-corrected chi connectivity index (χ0v) is 22.4. The molecular formula is C30H27FN8O2. The number of carbonyl (C=O) groups excluding carboxylic acids is 1. The Morgan fingerprint density at radius 3 is 2.93 bits per heavy atom. The van der Waals surface area contributed by atoms with E-state index >= 15 is 4.39 Å². The van der Waals surface area contributed by atoms with Crippen LogP contribution < -0.4 is 10.1 Å². The molecule has 1 saturated carbocycles. The van der Waals surface area contributed by atoms with Crippen molar-refractivity contribution in [2.24, 2.45) is 5.92 Å². The van der Waals surface area contributed by atoms with Crippen LogP contribution in [0.3, 0.4) is 0 Å². The van der Waals surface area contributed by atoms with E-state index in [1.807, 2.05) is 17.0 Å². The molecular weight excluding hydrogens is 523 g/mol. The minimum Gasteiger partial charge on any atom is -0.457 e. The summed E-state index contributed by atoms with van der Waals surface area (Å²) >= 11 is 0. The number of benzene rings is 1. The van der Waals surface area contributed by atoms with Gasteiger partial charge in [0, 0.05) is 42.0 Å². The van der Waals surface area contributed by atoms with Gasteiger partial charge in [0.2, 0.25) is 5.91 Å². The van der Waals surface area contributed by atoms with E-state index in [0.717, 1.165) is 31.5 Å². The Balaban J connectivity index is 1.14. The van der Waals surface area contributed by atoms with Crippen LogP contribution in [0.2, 0.25) is 0 Å². The molecule has 1 aliphatic heterocycles. The predicted octanol–water partition coefficient (Wildman–Crippen LogP) is 5.33. The Labute approximate surface area is 234 Å². The molecule has 5 aromatic rings. The summed E-state index contributed by atoms with van der Waals surface area (Å²) in [7, 11) is 0. The number of fused-ring (bicyclic) bond motifs is 3. The number of carbonyl (C=O) groups is 1. The molecule has 1 amide bonds. The first-order valence-corrected chi connectivity index (χ1v) is 13.6. The molecule has 0 unspecified atom stereocenters. The first kappa shape index (κ1) is 25.1. The number of nitrogens with one attached hydrogen (secondary N) is 1. The van der Waals surface area contributed by atoms with E-state index in [0.29, 0.717) is 45.5 Å². The molecule has 4 aromatic heterocycles. The van der Waals surface area contributed by atoms with Crippen molar-refractivity contribution in [3.63, 3.8) is 0 Å². The van der Waals surface area contributed by atoms with Crippen molar-refractivity contribution in [2.75, 3.05) is 11.9 Å². The lowest BCUT2D eigenvalue weighted by Crippen LogP contribution is -2.34. The van der Waals surface area contributed by atoms with Gasteiger partial charge in [0.05, 0.1) is 11.2 Å². The fourth-order valence-corrected chi connectivity index (χ4v) is 6.16. The van der Waals surface area contributed by atoms with Gasteiger partial charge in [-0.15, -0.1) is 0 Å². The SMILES string of the molecule is C=CC(=O)N1CC[C@H]2C[C@H](c3ccc4ncnc(Nc5ccc(Oc6ccn7ncnc7c6)c(C)c5F)c4n3)C[C@H]21. The van der Waals surface area contributed by atoms with E-state index in [-0.39, 0.29) is 23.6 Å². The number of hydrogen-bond acceptors (Lipinski definition) is 8. The van der Waals surface area contributed by atoms with Crippen molar-refractivity contribution in [3.05, 3.63) is 85.0 Å². The number of nitrogens with zero attached hydrogens (tertiary/aromatic N) is 7. The highest BCUT2D eigenvalue weighted by molar-refractivity contribution is 5.88. The van der Waals surface area contributed by atoms with Crippen LogP contribution in [-0.2, 0) is 4.79 Å². The van der Waals surface area contributed by atoms with Gasteiger partial charge in [0.1, 0.15) is 29.7 Å². The summed E-state index contributed by atoms with van der Waals surface area (Å²) in [6, 6.07) is 10.9. The Morgan fingerprint density at radius 1 is 1.15 bits per heavy atom. The molecule has 0 bridgehead atoms. The summed E-state index contributed by atoms with van der Waals surface area (Å²) in [6.07, 6.45) is 8.85. The van der Waals surface area contributed by atoms with Crippen molar-refractivity contribution < 1.29 is 13.9 Å². The molecule has 2 aliphatic rings. The number of ether oxygens (including phenoxy) is 1. The first-order valence-electron chi connectivity index (χ1n) is 13.6. The number of halogens is 1. The number of anilines is 2. The second kappa shape index (κ2) is 9.92. The summed E-state index contributed by atoms with van der Waals surface area (Å²) in [5.41, 5.74) is 3.39. The Morgan fingerprint density at radius 2 is 2.05 bits per heavy atom. The fraction of sp³-hybridized carbons (Fsp3) is 0.267. The molecule has 5 heterocycles. The van der Waals surface area contributed by atoms with Crippen LogP contribution in [0.25, 0.3) is 16.7 Å². The van der Waals surface area contributed by atoms with Crippen LogP contribution in [0.15, 0.2) is 67.9 Å². The third-order valence-electron chi connectivity index (χ3n) is 8.25. The number of pyridine rings is 2. The largest absolute Gasteiger partial charge is 0.457 e. The molecule has 11 heteroatoms. The molecule has 3 atom stereocenters. The van der Waals surface area contributed by atoms with E-state index in [1.165, 1.54) is 18.7 Å². The number of aromatic nitrogens is 6. The zero-order chi connectivity index (χ0) is 28.1. The molecule has 10 nitrogen and oxygen atoms in total. The smallest absolute Gasteiger partial charge is 0.246 e. The van der Waals surface area contributed by atoms with Crippen molar-refractivity contribution >= 4 is 34.1 Å². The maximum Gasteiger partial charge on any atom is 0.246 e. The molecule has 0 spiro atoms. The van der Waals surface area contributed by atoms with Crippen LogP contribution >= 0.6 is 0 Å². The quantitative estimate of drug-likeness (QED) is 0.283. The zero-order valence-electron chi connectivity index (χ0n) is 22.4. The molecule has 7 rings (SSSR count). The van der Waals surface area contributed by atoms with Gasteiger partial charge in [-0.25, -0.2) is 28.8 Å². The van der Waals surface area contributed by atoms with Crippen molar-refractivity contribution in [2.45, 2.75) is 38.1 Å². The molecule has 1 saturated heterocycles. The molecule has 1 N–H and O–H groups in total. The number of likely N-dealkylation sites (tertiary alicyclic amines) is 1. The average molecular weight is 551 g/mol. The topological polar surface area (TPSA) is 110 Å². The predicted molar refractivity (Wildman–Crippen MR) is 151 cm³/mol. The number of amides is 1. The summed E-state index contributed by atoms with van der Waals surface area (Å²) in [5.74, 6) is 1.56. The number of hydrogen-bond donors (Lipinski definition) is 1. The average Bonchev–Trinajstić information content (AvgIpc) is 3.72. The van der Waals surface area contributed by atoms with Gasteiger partial charge in [-0.3, -0.25) is 4.79 Å². The minimum absolute atomic E-state index is 0.00497. The lowest BCUT2D eigenvalue weighted by molar-refractivity contribution is -0.126. The summed E-state index contributed by atoms with van der Waals surface area (Å²) < 4.78 is 23.1. The standard InChI is InChI=1S/C30H27FN8O2/c1-3-27(40)38-10-8-18-12-19(13-24(18)38)21-4-5-23-29(36-21)30(34-15-32-23)37-22-6-7-25(17(2)28(22)31)41-20-9-11-39-26(14-20)33-16-35-39/h3-7,9,11,14-16,18-19,24H,1,8,10,12-13H2,2H3,(H,32,34,37)/t18-,19-,24+/m0/s1. The third-order valence-corrected chi connectivity index (χ3v) is 8.25. The van der Waals surface area contributed by atoms with E-state index in [9.17, 15) is 4.79 Å². The van der Waals surface area contributed by atoms with Gasteiger partial charge in [-0.05, 0) is 68.5 Å². The first-order chi connectivity index (χ1) is 20.0. The molecule has 2 fully saturated rings. The van der Waals surface area contributed by atoms with E-state index in [2.05, 4.69) is 31.9 Å². The Kier molecular flexibility index (Phi) is 6.06. The Bertz CT molecular complexity index is 1820. The molecule has 41 heavy (non-hydrogen) atoms. The van der Waals surface area contributed by atoms with Gasteiger partial charge in [0.25, 0.3) is 0 Å². The monoisotopic (exact) mass is 550 g/mol. The molecule has 0 radical (unpaired) electrons. The lowest BCUT2D eigenvalue weighted by atomic mass is 9.99. The van der Waals surface area contributed by atoms with Crippen molar-refractivity contribution in [1.29, 1.82) is 0 Å². The van der Waals surface area contributed by atoms with Crippen LogP contribution in [0, 0.1) is 18.7 Å². The van der Waals surface area contributed by atoms with Crippen molar-refractivity contribution in [3.8, 4) is 11.5 Å². The van der Waals surface area contributed by atoms with Gasteiger partial charge in [-0.1, -0.05) is 6.58 Å².